The largest absolute Gasteiger partial charge is 0.508 e. The van der Waals surface area contributed by atoms with Crippen LogP contribution in [0, 0.1) is 0 Å². The Morgan fingerprint density at radius 2 is 1.41 bits per heavy atom. The molecule has 0 amide bonds. The smallest absolute Gasteiger partial charge is 0.132 e. The lowest BCUT2D eigenvalue weighted by molar-refractivity contribution is 0.105. The predicted molar refractivity (Wildman–Crippen MR) is 107 cm³/mol. The highest BCUT2D eigenvalue weighted by atomic mass is 35.5. The van der Waals surface area contributed by atoms with Crippen LogP contribution >= 0.6 is 23.2 Å². The molecule has 136 valence electrons. The van der Waals surface area contributed by atoms with Crippen molar-refractivity contribution < 1.29 is 15.1 Å². The zero-order valence-electron chi connectivity index (χ0n) is 14.0. The Balaban J connectivity index is 1.76. The quantitative estimate of drug-likeness (QED) is 0.572. The summed E-state index contributed by atoms with van der Waals surface area (Å²) in [6.45, 7) is 0. The summed E-state index contributed by atoms with van der Waals surface area (Å²) in [4.78, 5) is 6.16. The van der Waals surface area contributed by atoms with Gasteiger partial charge in [0, 0.05) is 5.56 Å². The van der Waals surface area contributed by atoms with Crippen LogP contribution in [-0.2, 0) is 4.84 Å². The van der Waals surface area contributed by atoms with Gasteiger partial charge >= 0.3 is 0 Å². The molecule has 0 bridgehead atoms. The topological polar surface area (TPSA) is 52.9 Å². The van der Waals surface area contributed by atoms with E-state index >= 15 is 0 Å². The first-order valence-corrected chi connectivity index (χ1v) is 8.99. The number of benzene rings is 3. The van der Waals surface area contributed by atoms with Crippen molar-refractivity contribution in [2.75, 3.05) is 5.06 Å². The summed E-state index contributed by atoms with van der Waals surface area (Å²) in [5, 5.41) is 21.7. The predicted octanol–water partition coefficient (Wildman–Crippen LogP) is 5.94. The Morgan fingerprint density at radius 1 is 0.778 bits per heavy atom. The van der Waals surface area contributed by atoms with Gasteiger partial charge in [-0.3, -0.25) is 4.84 Å². The van der Waals surface area contributed by atoms with E-state index in [1.165, 1.54) is 0 Å². The van der Waals surface area contributed by atoms with E-state index in [1.54, 1.807) is 41.5 Å². The van der Waals surface area contributed by atoms with Gasteiger partial charge < -0.3 is 10.2 Å². The standard InChI is InChI=1S/C21H15Cl2NO3/c22-18-10-5-15(11-19(18)23)24-20(13-1-6-16(25)7-2-13)12-21(27-24)14-3-8-17(26)9-4-14/h1-12,21,25-26H. The molecule has 0 radical (unpaired) electrons. The van der Waals surface area contributed by atoms with Crippen molar-refractivity contribution in [2.24, 2.45) is 0 Å². The molecule has 2 N–H and O–H groups in total. The normalized spacial score (nSPS) is 16.4. The van der Waals surface area contributed by atoms with Gasteiger partial charge in [0.1, 0.15) is 17.6 Å². The maximum atomic E-state index is 9.59. The molecule has 4 nitrogen and oxygen atoms in total. The molecule has 6 heteroatoms. The van der Waals surface area contributed by atoms with Crippen molar-refractivity contribution in [1.29, 1.82) is 0 Å². The summed E-state index contributed by atoms with van der Waals surface area (Å²) in [5.74, 6) is 0.385. The van der Waals surface area contributed by atoms with Gasteiger partial charge in [-0.1, -0.05) is 35.3 Å². The second kappa shape index (κ2) is 7.16. The van der Waals surface area contributed by atoms with Crippen molar-refractivity contribution in [3.8, 4) is 11.5 Å². The van der Waals surface area contributed by atoms with Crippen LogP contribution in [0.25, 0.3) is 5.70 Å². The first-order chi connectivity index (χ1) is 13.0. The minimum atomic E-state index is -0.344. The van der Waals surface area contributed by atoms with Gasteiger partial charge in [0.05, 0.1) is 21.4 Å². The highest BCUT2D eigenvalue weighted by molar-refractivity contribution is 6.42. The minimum Gasteiger partial charge on any atom is -0.508 e. The molecule has 1 atom stereocenters. The Bertz CT molecular complexity index is 1000. The van der Waals surface area contributed by atoms with Crippen molar-refractivity contribution in [2.45, 2.75) is 6.10 Å². The van der Waals surface area contributed by atoms with Gasteiger partial charge in [0.2, 0.25) is 0 Å². The third kappa shape index (κ3) is 3.60. The molecule has 1 aliphatic rings. The van der Waals surface area contributed by atoms with E-state index in [2.05, 4.69) is 0 Å². The molecule has 0 aliphatic carbocycles. The third-order valence-electron chi connectivity index (χ3n) is 4.27. The Morgan fingerprint density at radius 3 is 2.04 bits per heavy atom. The average Bonchev–Trinajstić information content (AvgIpc) is 3.10. The molecule has 1 aliphatic heterocycles. The summed E-state index contributed by atoms with van der Waals surface area (Å²) in [7, 11) is 0. The van der Waals surface area contributed by atoms with Crippen LogP contribution in [0.4, 0.5) is 5.69 Å². The highest BCUT2D eigenvalue weighted by Gasteiger charge is 2.28. The van der Waals surface area contributed by atoms with Gasteiger partial charge in [-0.25, -0.2) is 5.06 Å². The zero-order chi connectivity index (χ0) is 19.0. The lowest BCUT2D eigenvalue weighted by Gasteiger charge is -2.23. The number of nitrogens with zero attached hydrogens (tertiary/aromatic N) is 1. The van der Waals surface area contributed by atoms with E-state index in [9.17, 15) is 10.2 Å². The maximum absolute atomic E-state index is 9.59. The minimum absolute atomic E-state index is 0.189. The Labute approximate surface area is 166 Å². The lowest BCUT2D eigenvalue weighted by Crippen LogP contribution is -2.17. The van der Waals surface area contributed by atoms with Crippen molar-refractivity contribution in [3.05, 3.63) is 94.0 Å². The zero-order valence-corrected chi connectivity index (χ0v) is 15.5. The number of aromatic hydroxyl groups is 2. The van der Waals surface area contributed by atoms with Crippen LogP contribution in [0.2, 0.25) is 10.0 Å². The van der Waals surface area contributed by atoms with Gasteiger partial charge in [0.25, 0.3) is 0 Å². The number of anilines is 1. The Hall–Kier alpha value is -2.66. The Kier molecular flexibility index (Phi) is 4.70. The van der Waals surface area contributed by atoms with Crippen LogP contribution < -0.4 is 5.06 Å². The molecular weight excluding hydrogens is 385 g/mol. The van der Waals surface area contributed by atoms with Gasteiger partial charge in [-0.15, -0.1) is 0 Å². The average molecular weight is 400 g/mol. The summed E-state index contributed by atoms with van der Waals surface area (Å²) >= 11 is 12.2. The molecule has 27 heavy (non-hydrogen) atoms. The monoisotopic (exact) mass is 399 g/mol. The molecule has 1 heterocycles. The number of hydrogen-bond donors (Lipinski definition) is 2. The second-order valence-electron chi connectivity index (χ2n) is 6.11. The summed E-state index contributed by atoms with van der Waals surface area (Å²) in [6, 6.07) is 19.0. The number of hydrogen-bond acceptors (Lipinski definition) is 4. The number of phenolic OH excluding ortho intramolecular Hbond substituents is 2. The fraction of sp³-hybridized carbons (Fsp3) is 0.0476. The molecule has 3 aromatic rings. The lowest BCUT2D eigenvalue weighted by atomic mass is 10.1. The van der Waals surface area contributed by atoms with Gasteiger partial charge in [0.15, 0.2) is 0 Å². The molecule has 0 saturated carbocycles. The van der Waals surface area contributed by atoms with E-state index in [0.717, 1.165) is 22.5 Å². The fourth-order valence-electron chi connectivity index (χ4n) is 2.89. The molecule has 3 aromatic carbocycles. The van der Waals surface area contributed by atoms with E-state index < -0.39 is 0 Å². The van der Waals surface area contributed by atoms with E-state index in [1.807, 2.05) is 36.4 Å². The van der Waals surface area contributed by atoms with Crippen LogP contribution in [-0.4, -0.2) is 10.2 Å². The van der Waals surface area contributed by atoms with E-state index in [0.29, 0.717) is 10.0 Å². The maximum Gasteiger partial charge on any atom is 0.132 e. The molecule has 0 fully saturated rings. The van der Waals surface area contributed by atoms with Crippen LogP contribution in [0.5, 0.6) is 11.5 Å². The molecular formula is C21H15Cl2NO3. The van der Waals surface area contributed by atoms with E-state index in [4.69, 9.17) is 28.0 Å². The van der Waals surface area contributed by atoms with Gasteiger partial charge in [-0.05, 0) is 66.2 Å². The second-order valence-corrected chi connectivity index (χ2v) is 6.92. The fourth-order valence-corrected chi connectivity index (χ4v) is 3.18. The molecule has 0 spiro atoms. The summed E-state index contributed by atoms with van der Waals surface area (Å²) in [5.41, 5.74) is 3.31. The molecule has 0 saturated heterocycles. The summed E-state index contributed by atoms with van der Waals surface area (Å²) < 4.78 is 0. The number of halogens is 2. The van der Waals surface area contributed by atoms with Crippen molar-refractivity contribution in [3.63, 3.8) is 0 Å². The molecule has 1 unspecified atom stereocenters. The number of rotatable bonds is 3. The van der Waals surface area contributed by atoms with Crippen molar-refractivity contribution >= 4 is 34.6 Å². The third-order valence-corrected chi connectivity index (χ3v) is 5.01. The first kappa shape index (κ1) is 17.7. The van der Waals surface area contributed by atoms with Crippen LogP contribution in [0.3, 0.4) is 0 Å². The molecule has 4 rings (SSSR count). The SMILES string of the molecule is Oc1ccc(C2=CC(c3ccc(O)cc3)ON2c2ccc(Cl)c(Cl)c2)cc1. The van der Waals surface area contributed by atoms with Crippen LogP contribution in [0.15, 0.2) is 72.8 Å². The van der Waals surface area contributed by atoms with E-state index in [-0.39, 0.29) is 17.6 Å². The molecule has 0 aromatic heterocycles. The summed E-state index contributed by atoms with van der Waals surface area (Å²) in [6.07, 6.45) is 1.63. The highest BCUT2D eigenvalue weighted by Crippen LogP contribution is 2.41. The number of phenols is 2. The number of hydroxylamine groups is 1. The van der Waals surface area contributed by atoms with Crippen molar-refractivity contribution in [1.82, 2.24) is 0 Å². The van der Waals surface area contributed by atoms with Crippen LogP contribution in [0.1, 0.15) is 17.2 Å². The van der Waals surface area contributed by atoms with Gasteiger partial charge in [-0.2, -0.15) is 0 Å². The first-order valence-electron chi connectivity index (χ1n) is 8.23.